The lowest BCUT2D eigenvalue weighted by atomic mass is 9.91. The number of hydrogen-bond donors (Lipinski definition) is 1. The molecule has 1 aliphatic heterocycles. The van der Waals surface area contributed by atoms with Crippen molar-refractivity contribution in [2.75, 3.05) is 6.61 Å². The van der Waals surface area contributed by atoms with E-state index < -0.39 is 11.9 Å². The van der Waals surface area contributed by atoms with E-state index in [1.807, 2.05) is 24.3 Å². The highest BCUT2D eigenvalue weighted by Crippen LogP contribution is 2.31. The number of nitrogens with one attached hydrogen (secondary N) is 1. The molecule has 2 unspecified atom stereocenters. The second-order valence-corrected chi connectivity index (χ2v) is 5.30. The van der Waals surface area contributed by atoms with Crippen molar-refractivity contribution >= 4 is 33.1 Å². The fourth-order valence-electron chi connectivity index (χ4n) is 1.71. The maximum absolute atomic E-state index is 13.9. The number of hydrogen-bond acceptors (Lipinski definition) is 2. The molecule has 0 bridgehead atoms. The van der Waals surface area contributed by atoms with Crippen LogP contribution in [0.5, 0.6) is 0 Å². The summed E-state index contributed by atoms with van der Waals surface area (Å²) in [6.07, 6.45) is -1.41. The van der Waals surface area contributed by atoms with Gasteiger partial charge < -0.3 is 10.1 Å². The van der Waals surface area contributed by atoms with Gasteiger partial charge in [-0.2, -0.15) is 0 Å². The minimum Gasteiger partial charge on any atom is -0.364 e. The number of ether oxygens (including phenoxy) is 1. The molecule has 1 aliphatic rings. The number of morpholine rings is 1. The predicted octanol–water partition coefficient (Wildman–Crippen LogP) is 2.91. The zero-order valence-electron chi connectivity index (χ0n) is 8.67. The number of benzene rings is 1. The topological polar surface area (TPSA) is 21.3 Å². The van der Waals surface area contributed by atoms with E-state index in [0.29, 0.717) is 4.99 Å². The average Bonchev–Trinajstić information content (AvgIpc) is 2.24. The normalized spacial score (nSPS) is 29.9. The van der Waals surface area contributed by atoms with E-state index >= 15 is 0 Å². The second kappa shape index (κ2) is 4.39. The summed E-state index contributed by atoms with van der Waals surface area (Å²) < 4.78 is 19.8. The van der Waals surface area contributed by atoms with Gasteiger partial charge >= 0.3 is 0 Å². The zero-order chi connectivity index (χ0) is 11.8. The molecule has 86 valence electrons. The maximum Gasteiger partial charge on any atom is 0.226 e. The van der Waals surface area contributed by atoms with Gasteiger partial charge in [0.1, 0.15) is 17.1 Å². The van der Waals surface area contributed by atoms with Gasteiger partial charge in [-0.15, -0.1) is 0 Å². The van der Waals surface area contributed by atoms with Crippen molar-refractivity contribution in [3.05, 3.63) is 34.3 Å². The summed E-state index contributed by atoms with van der Waals surface area (Å²) in [7, 11) is 0. The molecule has 2 nitrogen and oxygen atoms in total. The van der Waals surface area contributed by atoms with E-state index in [-0.39, 0.29) is 6.61 Å². The Morgan fingerprint density at radius 1 is 1.62 bits per heavy atom. The molecular weight excluding hydrogens is 293 g/mol. The van der Waals surface area contributed by atoms with Crippen molar-refractivity contribution in [3.8, 4) is 0 Å². The summed E-state index contributed by atoms with van der Waals surface area (Å²) in [5.74, 6) is 0. The van der Waals surface area contributed by atoms with Crippen LogP contribution in [0.1, 0.15) is 12.5 Å². The van der Waals surface area contributed by atoms with Gasteiger partial charge in [0.25, 0.3) is 0 Å². The Morgan fingerprint density at radius 2 is 2.38 bits per heavy atom. The lowest BCUT2D eigenvalue weighted by Gasteiger charge is -2.39. The van der Waals surface area contributed by atoms with Crippen LogP contribution < -0.4 is 5.32 Å². The van der Waals surface area contributed by atoms with Crippen LogP contribution in [0.4, 0.5) is 4.39 Å². The van der Waals surface area contributed by atoms with Crippen LogP contribution in [0, 0.1) is 0 Å². The van der Waals surface area contributed by atoms with E-state index in [4.69, 9.17) is 17.0 Å². The molecule has 0 radical (unpaired) electrons. The third-order valence-electron chi connectivity index (χ3n) is 2.64. The minimum absolute atomic E-state index is 0.139. The molecular formula is C11H11BrFNOS. The average molecular weight is 304 g/mol. The Kier molecular flexibility index (Phi) is 3.28. The number of rotatable bonds is 1. The molecule has 1 saturated heterocycles. The third-order valence-corrected chi connectivity index (χ3v) is 3.35. The van der Waals surface area contributed by atoms with Gasteiger partial charge in [-0.3, -0.25) is 0 Å². The molecule has 2 atom stereocenters. The van der Waals surface area contributed by atoms with Crippen molar-refractivity contribution in [3.63, 3.8) is 0 Å². The molecule has 2 rings (SSSR count). The smallest absolute Gasteiger partial charge is 0.226 e. The maximum atomic E-state index is 13.9. The molecule has 1 fully saturated rings. The number of alkyl halides is 1. The summed E-state index contributed by atoms with van der Waals surface area (Å²) in [6.45, 7) is 1.88. The van der Waals surface area contributed by atoms with Gasteiger partial charge in [-0.1, -0.05) is 40.3 Å². The first-order chi connectivity index (χ1) is 7.52. The molecule has 0 aromatic heterocycles. The molecule has 1 N–H and O–H groups in total. The lowest BCUT2D eigenvalue weighted by Crippen LogP contribution is -2.56. The number of halogens is 2. The first-order valence-electron chi connectivity index (χ1n) is 4.85. The quantitative estimate of drug-likeness (QED) is 0.806. The van der Waals surface area contributed by atoms with Crippen molar-refractivity contribution in [2.24, 2.45) is 0 Å². The monoisotopic (exact) mass is 303 g/mol. The fraction of sp³-hybridized carbons (Fsp3) is 0.364. The van der Waals surface area contributed by atoms with Crippen LogP contribution in [-0.4, -0.2) is 18.0 Å². The van der Waals surface area contributed by atoms with E-state index in [0.717, 1.165) is 10.0 Å². The highest BCUT2D eigenvalue weighted by molar-refractivity contribution is 9.10. The van der Waals surface area contributed by atoms with Crippen LogP contribution in [0.15, 0.2) is 28.7 Å². The van der Waals surface area contributed by atoms with Gasteiger partial charge in [0.2, 0.25) is 6.36 Å². The van der Waals surface area contributed by atoms with Crippen LogP contribution in [0.25, 0.3) is 0 Å². The Morgan fingerprint density at radius 3 is 3.06 bits per heavy atom. The molecule has 16 heavy (non-hydrogen) atoms. The minimum atomic E-state index is -1.41. The van der Waals surface area contributed by atoms with E-state index in [1.165, 1.54) is 0 Å². The summed E-state index contributed by atoms with van der Waals surface area (Å²) in [4.78, 5) is 0.524. The third kappa shape index (κ3) is 2.12. The predicted molar refractivity (Wildman–Crippen MR) is 68.1 cm³/mol. The second-order valence-electron chi connectivity index (χ2n) is 3.89. The highest BCUT2D eigenvalue weighted by atomic mass is 79.9. The molecule has 0 spiro atoms. The molecule has 1 heterocycles. The van der Waals surface area contributed by atoms with Gasteiger partial charge in [-0.05, 0) is 24.6 Å². The van der Waals surface area contributed by atoms with Gasteiger partial charge in [0, 0.05) is 4.47 Å². The number of thiocarbonyl (C=S) groups is 1. The molecule has 0 amide bonds. The summed E-state index contributed by atoms with van der Waals surface area (Å²) in [5.41, 5.74) is -0.115. The standard InChI is InChI=1S/C11H11BrFNOS/c1-11(7-3-2-4-8(12)5-7)10(13)15-6-9(16)14-11/h2-5,10H,6H2,1H3,(H,14,16). The Bertz CT molecular complexity index is 428. The van der Waals surface area contributed by atoms with Gasteiger partial charge in [0.05, 0.1) is 0 Å². The van der Waals surface area contributed by atoms with Gasteiger partial charge in [-0.25, -0.2) is 4.39 Å². The van der Waals surface area contributed by atoms with Crippen molar-refractivity contribution in [1.29, 1.82) is 0 Å². The SMILES string of the molecule is CC1(c2cccc(Br)c2)NC(=S)COC1F. The molecule has 1 aromatic carbocycles. The van der Waals surface area contributed by atoms with Crippen LogP contribution >= 0.6 is 28.1 Å². The Labute approximate surface area is 107 Å². The van der Waals surface area contributed by atoms with Crippen LogP contribution in [-0.2, 0) is 10.3 Å². The zero-order valence-corrected chi connectivity index (χ0v) is 11.1. The first-order valence-corrected chi connectivity index (χ1v) is 6.05. The van der Waals surface area contributed by atoms with E-state index in [2.05, 4.69) is 21.2 Å². The molecule has 0 aliphatic carbocycles. The fourth-order valence-corrected chi connectivity index (χ4v) is 2.39. The van der Waals surface area contributed by atoms with E-state index in [9.17, 15) is 4.39 Å². The van der Waals surface area contributed by atoms with Crippen molar-refractivity contribution in [1.82, 2.24) is 5.32 Å². The van der Waals surface area contributed by atoms with Gasteiger partial charge in [0.15, 0.2) is 0 Å². The van der Waals surface area contributed by atoms with Crippen molar-refractivity contribution < 1.29 is 9.13 Å². The summed E-state index contributed by atoms with van der Waals surface area (Å²) in [5, 5.41) is 3.00. The Balaban J connectivity index is 2.39. The first kappa shape index (κ1) is 12.0. The van der Waals surface area contributed by atoms with Crippen molar-refractivity contribution in [2.45, 2.75) is 18.8 Å². The Hall–Kier alpha value is -0.520. The summed E-state index contributed by atoms with van der Waals surface area (Å²) in [6, 6.07) is 7.46. The lowest BCUT2D eigenvalue weighted by molar-refractivity contribution is -0.0922. The summed E-state index contributed by atoms with van der Waals surface area (Å²) >= 11 is 8.39. The largest absolute Gasteiger partial charge is 0.364 e. The van der Waals surface area contributed by atoms with Crippen LogP contribution in [0.2, 0.25) is 0 Å². The highest BCUT2D eigenvalue weighted by Gasteiger charge is 2.41. The molecule has 1 aromatic rings. The molecule has 5 heteroatoms. The van der Waals surface area contributed by atoms with Crippen LogP contribution in [0.3, 0.4) is 0 Å². The molecule has 0 saturated carbocycles. The van der Waals surface area contributed by atoms with E-state index in [1.54, 1.807) is 6.92 Å².